The van der Waals surface area contributed by atoms with E-state index in [0.29, 0.717) is 22.7 Å². The van der Waals surface area contributed by atoms with Crippen molar-refractivity contribution in [3.8, 4) is 0 Å². The van der Waals surface area contributed by atoms with Gasteiger partial charge in [0.15, 0.2) is 5.78 Å². The van der Waals surface area contributed by atoms with Crippen molar-refractivity contribution in [1.29, 1.82) is 0 Å². The Balaban J connectivity index is 2.27. The highest BCUT2D eigenvalue weighted by atomic mass is 35.5. The maximum atomic E-state index is 12.2. The molecule has 18 heavy (non-hydrogen) atoms. The predicted molar refractivity (Wildman–Crippen MR) is 74.1 cm³/mol. The Hall–Kier alpha value is -1.64. The lowest BCUT2D eigenvalue weighted by molar-refractivity contribution is 0.103. The van der Waals surface area contributed by atoms with Gasteiger partial charge in [-0.1, -0.05) is 48.0 Å². The quantitative estimate of drug-likeness (QED) is 0.858. The average molecular weight is 260 g/mol. The van der Waals surface area contributed by atoms with Crippen LogP contribution in [0, 0.1) is 0 Å². The predicted octanol–water partition coefficient (Wildman–Crippen LogP) is 3.07. The second kappa shape index (κ2) is 5.80. The molecule has 0 saturated heterocycles. The van der Waals surface area contributed by atoms with Crippen LogP contribution in [-0.2, 0) is 6.42 Å². The summed E-state index contributed by atoms with van der Waals surface area (Å²) in [6, 6.07) is 14.6. The Bertz CT molecular complexity index is 549. The summed E-state index contributed by atoms with van der Waals surface area (Å²) in [7, 11) is 0. The van der Waals surface area contributed by atoms with Gasteiger partial charge in [0.1, 0.15) is 0 Å². The Labute approximate surface area is 111 Å². The molecule has 2 aromatic carbocycles. The van der Waals surface area contributed by atoms with Gasteiger partial charge in [0.05, 0.1) is 5.02 Å². The number of hydrogen-bond acceptors (Lipinski definition) is 2. The van der Waals surface area contributed by atoms with Crippen molar-refractivity contribution in [1.82, 2.24) is 0 Å². The van der Waals surface area contributed by atoms with E-state index >= 15 is 0 Å². The molecule has 0 aliphatic rings. The standard InChI is InChI=1S/C15H14ClNO/c16-14-4-2-1-3-13(14)15(18)12-7-5-11(6-8-12)9-10-17/h1-8H,9-10,17H2. The summed E-state index contributed by atoms with van der Waals surface area (Å²) in [5, 5.41) is 0.480. The van der Waals surface area contributed by atoms with Crippen molar-refractivity contribution >= 4 is 17.4 Å². The molecule has 2 nitrogen and oxygen atoms in total. The van der Waals surface area contributed by atoms with E-state index in [4.69, 9.17) is 17.3 Å². The first-order chi connectivity index (χ1) is 8.72. The highest BCUT2D eigenvalue weighted by Gasteiger charge is 2.11. The zero-order chi connectivity index (χ0) is 13.0. The zero-order valence-corrected chi connectivity index (χ0v) is 10.7. The minimum absolute atomic E-state index is 0.0556. The van der Waals surface area contributed by atoms with Crippen LogP contribution in [0.4, 0.5) is 0 Å². The maximum Gasteiger partial charge on any atom is 0.194 e. The van der Waals surface area contributed by atoms with Gasteiger partial charge in [-0.05, 0) is 30.7 Å². The Morgan fingerprint density at radius 3 is 2.33 bits per heavy atom. The summed E-state index contributed by atoms with van der Waals surface area (Å²) in [5.74, 6) is -0.0556. The molecule has 0 heterocycles. The topological polar surface area (TPSA) is 43.1 Å². The lowest BCUT2D eigenvalue weighted by Crippen LogP contribution is -2.04. The van der Waals surface area contributed by atoms with Crippen LogP contribution in [0.25, 0.3) is 0 Å². The molecule has 0 fully saturated rings. The van der Waals surface area contributed by atoms with E-state index in [9.17, 15) is 4.79 Å². The molecule has 2 aromatic rings. The third-order valence-electron chi connectivity index (χ3n) is 2.77. The van der Waals surface area contributed by atoms with Crippen LogP contribution in [0.3, 0.4) is 0 Å². The van der Waals surface area contributed by atoms with Crippen molar-refractivity contribution in [2.75, 3.05) is 6.54 Å². The van der Waals surface area contributed by atoms with Crippen LogP contribution in [-0.4, -0.2) is 12.3 Å². The van der Waals surface area contributed by atoms with Crippen molar-refractivity contribution in [3.63, 3.8) is 0 Å². The number of rotatable bonds is 4. The SMILES string of the molecule is NCCc1ccc(C(=O)c2ccccc2Cl)cc1. The summed E-state index contributed by atoms with van der Waals surface area (Å²) in [6.45, 7) is 0.609. The van der Waals surface area contributed by atoms with Crippen molar-refractivity contribution < 1.29 is 4.79 Å². The molecule has 0 radical (unpaired) electrons. The number of halogens is 1. The number of ketones is 1. The van der Waals surface area contributed by atoms with Crippen molar-refractivity contribution in [2.24, 2.45) is 5.73 Å². The molecule has 0 amide bonds. The average Bonchev–Trinajstić information content (AvgIpc) is 2.40. The summed E-state index contributed by atoms with van der Waals surface area (Å²) in [6.07, 6.45) is 0.820. The molecule has 0 aromatic heterocycles. The second-order valence-corrected chi connectivity index (χ2v) is 4.45. The van der Waals surface area contributed by atoms with E-state index in [2.05, 4.69) is 0 Å². The first-order valence-corrected chi connectivity index (χ1v) is 6.18. The number of nitrogens with two attached hydrogens (primary N) is 1. The van der Waals surface area contributed by atoms with Gasteiger partial charge < -0.3 is 5.73 Å². The Morgan fingerprint density at radius 2 is 1.72 bits per heavy atom. The highest BCUT2D eigenvalue weighted by Crippen LogP contribution is 2.19. The largest absolute Gasteiger partial charge is 0.330 e. The fourth-order valence-corrected chi connectivity index (χ4v) is 2.01. The molecular formula is C15H14ClNO. The molecule has 2 N–H and O–H groups in total. The fourth-order valence-electron chi connectivity index (χ4n) is 1.79. The third-order valence-corrected chi connectivity index (χ3v) is 3.10. The molecule has 0 spiro atoms. The van der Waals surface area contributed by atoms with Gasteiger partial charge in [-0.3, -0.25) is 4.79 Å². The minimum atomic E-state index is -0.0556. The summed E-state index contributed by atoms with van der Waals surface area (Å²) >= 11 is 6.01. The smallest absolute Gasteiger partial charge is 0.194 e. The van der Waals surface area contributed by atoms with E-state index in [0.717, 1.165) is 12.0 Å². The molecule has 2 rings (SSSR count). The third kappa shape index (κ3) is 2.78. The first kappa shape index (κ1) is 12.8. The van der Waals surface area contributed by atoms with Crippen LogP contribution in [0.1, 0.15) is 21.5 Å². The highest BCUT2D eigenvalue weighted by molar-refractivity contribution is 6.34. The molecule has 0 atom stereocenters. The Morgan fingerprint density at radius 1 is 1.06 bits per heavy atom. The van der Waals surface area contributed by atoms with E-state index < -0.39 is 0 Å². The van der Waals surface area contributed by atoms with Crippen LogP contribution < -0.4 is 5.73 Å². The molecule has 0 aliphatic heterocycles. The normalized spacial score (nSPS) is 10.3. The first-order valence-electron chi connectivity index (χ1n) is 5.80. The van der Waals surface area contributed by atoms with Gasteiger partial charge in [-0.25, -0.2) is 0 Å². The summed E-state index contributed by atoms with van der Waals surface area (Å²) < 4.78 is 0. The van der Waals surface area contributed by atoms with Crippen molar-refractivity contribution in [2.45, 2.75) is 6.42 Å². The van der Waals surface area contributed by atoms with Crippen LogP contribution in [0.5, 0.6) is 0 Å². The lowest BCUT2D eigenvalue weighted by atomic mass is 10.0. The van der Waals surface area contributed by atoms with Gasteiger partial charge in [0.25, 0.3) is 0 Å². The second-order valence-electron chi connectivity index (χ2n) is 4.04. The van der Waals surface area contributed by atoms with Crippen LogP contribution in [0.2, 0.25) is 5.02 Å². The van der Waals surface area contributed by atoms with E-state index in [1.165, 1.54) is 0 Å². The molecule has 92 valence electrons. The zero-order valence-electron chi connectivity index (χ0n) is 9.90. The maximum absolute atomic E-state index is 12.2. The van der Waals surface area contributed by atoms with Gasteiger partial charge >= 0.3 is 0 Å². The van der Waals surface area contributed by atoms with E-state index in [-0.39, 0.29) is 5.78 Å². The van der Waals surface area contributed by atoms with Crippen molar-refractivity contribution in [3.05, 3.63) is 70.2 Å². The Kier molecular flexibility index (Phi) is 4.13. The minimum Gasteiger partial charge on any atom is -0.330 e. The summed E-state index contributed by atoms with van der Waals surface area (Å²) in [5.41, 5.74) is 7.79. The van der Waals surface area contributed by atoms with Gasteiger partial charge in [0, 0.05) is 11.1 Å². The molecule has 0 bridgehead atoms. The molecule has 0 unspecified atom stereocenters. The molecular weight excluding hydrogens is 246 g/mol. The fraction of sp³-hybridized carbons (Fsp3) is 0.133. The molecule has 0 aliphatic carbocycles. The van der Waals surface area contributed by atoms with Gasteiger partial charge in [-0.15, -0.1) is 0 Å². The number of hydrogen-bond donors (Lipinski definition) is 1. The number of carbonyl (C=O) groups excluding carboxylic acids is 1. The van der Waals surface area contributed by atoms with E-state index in [1.54, 1.807) is 12.1 Å². The van der Waals surface area contributed by atoms with E-state index in [1.807, 2.05) is 36.4 Å². The monoisotopic (exact) mass is 259 g/mol. The summed E-state index contributed by atoms with van der Waals surface area (Å²) in [4.78, 5) is 12.2. The lowest BCUT2D eigenvalue weighted by Gasteiger charge is -2.04. The molecule has 3 heteroatoms. The van der Waals surface area contributed by atoms with Gasteiger partial charge in [0.2, 0.25) is 0 Å². The molecule has 0 saturated carbocycles. The van der Waals surface area contributed by atoms with Gasteiger partial charge in [-0.2, -0.15) is 0 Å². The van der Waals surface area contributed by atoms with Crippen LogP contribution in [0.15, 0.2) is 48.5 Å². The number of benzene rings is 2. The van der Waals surface area contributed by atoms with Crippen LogP contribution >= 0.6 is 11.6 Å². The number of carbonyl (C=O) groups is 1.